The number of aldehydes is 1. The Morgan fingerprint density at radius 1 is 1.38 bits per heavy atom. The molecule has 0 radical (unpaired) electrons. The minimum absolute atomic E-state index is 0.438. The van der Waals surface area contributed by atoms with Crippen LogP contribution >= 0.6 is 11.3 Å². The lowest BCUT2D eigenvalue weighted by Crippen LogP contribution is -1.88. The summed E-state index contributed by atoms with van der Waals surface area (Å²) in [6.45, 7) is 0. The summed E-state index contributed by atoms with van der Waals surface area (Å²) < 4.78 is 0. The van der Waals surface area contributed by atoms with E-state index in [9.17, 15) is 4.79 Å². The van der Waals surface area contributed by atoms with Gasteiger partial charge in [0.05, 0.1) is 5.69 Å². The number of carbonyl (C=O) groups is 1. The quantitative estimate of drug-likeness (QED) is 0.680. The SMILES string of the molecule is O=Cc1cccc(-c2nccs2)n1. The van der Waals surface area contributed by atoms with Gasteiger partial charge in [-0.05, 0) is 12.1 Å². The molecule has 4 heteroatoms. The number of pyridine rings is 1. The van der Waals surface area contributed by atoms with E-state index in [1.165, 1.54) is 11.3 Å². The lowest BCUT2D eigenvalue weighted by Gasteiger charge is -1.94. The van der Waals surface area contributed by atoms with Gasteiger partial charge in [0.1, 0.15) is 10.7 Å². The molecule has 0 bridgehead atoms. The van der Waals surface area contributed by atoms with Crippen molar-refractivity contribution in [3.8, 4) is 10.7 Å². The van der Waals surface area contributed by atoms with Crippen molar-refractivity contribution in [2.24, 2.45) is 0 Å². The number of aromatic nitrogens is 2. The van der Waals surface area contributed by atoms with E-state index in [1.54, 1.807) is 18.3 Å². The van der Waals surface area contributed by atoms with E-state index in [-0.39, 0.29) is 0 Å². The molecule has 0 aromatic carbocycles. The van der Waals surface area contributed by atoms with E-state index in [4.69, 9.17) is 0 Å². The molecule has 13 heavy (non-hydrogen) atoms. The van der Waals surface area contributed by atoms with Crippen molar-refractivity contribution >= 4 is 17.6 Å². The molecule has 0 saturated heterocycles. The van der Waals surface area contributed by atoms with Crippen LogP contribution in [0.5, 0.6) is 0 Å². The van der Waals surface area contributed by atoms with Gasteiger partial charge in [-0.15, -0.1) is 11.3 Å². The molecule has 3 nitrogen and oxygen atoms in total. The fourth-order valence-electron chi connectivity index (χ4n) is 0.986. The van der Waals surface area contributed by atoms with Gasteiger partial charge in [-0.2, -0.15) is 0 Å². The molecule has 0 fully saturated rings. The first-order valence-electron chi connectivity index (χ1n) is 3.72. The second-order valence-electron chi connectivity index (χ2n) is 2.40. The van der Waals surface area contributed by atoms with Crippen molar-refractivity contribution in [3.63, 3.8) is 0 Å². The van der Waals surface area contributed by atoms with E-state index >= 15 is 0 Å². The first-order valence-corrected chi connectivity index (χ1v) is 4.60. The zero-order valence-corrected chi connectivity index (χ0v) is 7.49. The van der Waals surface area contributed by atoms with Crippen molar-refractivity contribution in [1.29, 1.82) is 0 Å². The molecule has 2 aromatic heterocycles. The van der Waals surface area contributed by atoms with Crippen LogP contribution in [-0.4, -0.2) is 16.3 Å². The molecule has 0 saturated carbocycles. The van der Waals surface area contributed by atoms with Gasteiger partial charge in [0, 0.05) is 11.6 Å². The molecule has 2 rings (SSSR count). The van der Waals surface area contributed by atoms with Crippen LogP contribution in [0, 0.1) is 0 Å². The molecule has 2 aromatic rings. The standard InChI is InChI=1S/C9H6N2OS/c12-6-7-2-1-3-8(11-7)9-10-4-5-13-9/h1-6H. The predicted octanol–water partition coefficient (Wildman–Crippen LogP) is 2.02. The van der Waals surface area contributed by atoms with Crippen LogP contribution < -0.4 is 0 Å². The molecule has 0 aliphatic carbocycles. The molecule has 0 aliphatic heterocycles. The van der Waals surface area contributed by atoms with Gasteiger partial charge in [-0.1, -0.05) is 6.07 Å². The normalized spacial score (nSPS) is 9.85. The summed E-state index contributed by atoms with van der Waals surface area (Å²) in [5.41, 5.74) is 1.19. The summed E-state index contributed by atoms with van der Waals surface area (Å²) in [6.07, 6.45) is 2.45. The first kappa shape index (κ1) is 8.07. The molecule has 64 valence electrons. The Morgan fingerprint density at radius 2 is 2.31 bits per heavy atom. The van der Waals surface area contributed by atoms with Crippen LogP contribution in [0.3, 0.4) is 0 Å². The van der Waals surface area contributed by atoms with Gasteiger partial charge >= 0.3 is 0 Å². The minimum Gasteiger partial charge on any atom is -0.296 e. The maximum Gasteiger partial charge on any atom is 0.168 e. The van der Waals surface area contributed by atoms with Gasteiger partial charge in [0.25, 0.3) is 0 Å². The largest absolute Gasteiger partial charge is 0.296 e. The third-order valence-corrected chi connectivity index (χ3v) is 2.34. The number of carbonyl (C=O) groups excluding carboxylic acids is 1. The summed E-state index contributed by atoms with van der Waals surface area (Å²) in [5.74, 6) is 0. The van der Waals surface area contributed by atoms with Crippen LogP contribution in [0.1, 0.15) is 10.5 Å². The number of thiazole rings is 1. The molecule has 0 spiro atoms. The maximum atomic E-state index is 10.4. The number of rotatable bonds is 2. The highest BCUT2D eigenvalue weighted by Crippen LogP contribution is 2.18. The third-order valence-electron chi connectivity index (χ3n) is 1.54. The summed E-state index contributed by atoms with van der Waals surface area (Å²) in [7, 11) is 0. The fraction of sp³-hybridized carbons (Fsp3) is 0. The molecule has 0 unspecified atom stereocenters. The summed E-state index contributed by atoms with van der Waals surface area (Å²) >= 11 is 1.51. The molecule has 2 heterocycles. The van der Waals surface area contributed by atoms with Crippen molar-refractivity contribution in [3.05, 3.63) is 35.5 Å². The smallest absolute Gasteiger partial charge is 0.168 e. The average molecular weight is 190 g/mol. The van der Waals surface area contributed by atoms with Crippen LogP contribution in [0.25, 0.3) is 10.7 Å². The Labute approximate surface area is 79.1 Å². The predicted molar refractivity (Wildman–Crippen MR) is 50.7 cm³/mol. The molecule has 0 amide bonds. The molecule has 0 atom stereocenters. The Balaban J connectivity index is 2.47. The second kappa shape index (κ2) is 3.45. The zero-order chi connectivity index (χ0) is 9.10. The van der Waals surface area contributed by atoms with Crippen molar-refractivity contribution < 1.29 is 4.79 Å². The van der Waals surface area contributed by atoms with E-state index < -0.39 is 0 Å². The van der Waals surface area contributed by atoms with Crippen molar-refractivity contribution in [1.82, 2.24) is 9.97 Å². The Kier molecular flexibility index (Phi) is 2.14. The first-order chi connectivity index (χ1) is 6.40. The number of hydrogen-bond acceptors (Lipinski definition) is 4. The number of hydrogen-bond donors (Lipinski definition) is 0. The van der Waals surface area contributed by atoms with E-state index in [2.05, 4.69) is 9.97 Å². The molecule has 0 aliphatic rings. The van der Waals surface area contributed by atoms with Gasteiger partial charge in [-0.3, -0.25) is 4.79 Å². The maximum absolute atomic E-state index is 10.4. The lowest BCUT2D eigenvalue weighted by atomic mass is 10.3. The average Bonchev–Trinajstić information content (AvgIpc) is 2.71. The third kappa shape index (κ3) is 1.62. The summed E-state index contributed by atoms with van der Waals surface area (Å²) in [5, 5.41) is 2.72. The Hall–Kier alpha value is -1.55. The van der Waals surface area contributed by atoms with Gasteiger partial charge in [0.2, 0.25) is 0 Å². The van der Waals surface area contributed by atoms with E-state index in [0.29, 0.717) is 5.69 Å². The molecular formula is C9H6N2OS. The van der Waals surface area contributed by atoms with Crippen molar-refractivity contribution in [2.45, 2.75) is 0 Å². The highest BCUT2D eigenvalue weighted by Gasteiger charge is 2.01. The van der Waals surface area contributed by atoms with Gasteiger partial charge in [-0.25, -0.2) is 9.97 Å². The molecule has 0 N–H and O–H groups in total. The van der Waals surface area contributed by atoms with Crippen LogP contribution in [-0.2, 0) is 0 Å². The summed E-state index contributed by atoms with van der Waals surface area (Å²) in [6, 6.07) is 5.31. The highest BCUT2D eigenvalue weighted by atomic mass is 32.1. The van der Waals surface area contributed by atoms with Crippen LogP contribution in [0.2, 0.25) is 0 Å². The van der Waals surface area contributed by atoms with Crippen LogP contribution in [0.4, 0.5) is 0 Å². The molecular weight excluding hydrogens is 184 g/mol. The topological polar surface area (TPSA) is 42.9 Å². The van der Waals surface area contributed by atoms with Gasteiger partial charge < -0.3 is 0 Å². The minimum atomic E-state index is 0.438. The number of nitrogens with zero attached hydrogens (tertiary/aromatic N) is 2. The van der Waals surface area contributed by atoms with E-state index in [1.807, 2.05) is 11.4 Å². The monoisotopic (exact) mass is 190 g/mol. The Bertz CT molecular complexity index is 411. The van der Waals surface area contributed by atoms with Gasteiger partial charge in [0.15, 0.2) is 6.29 Å². The summed E-state index contributed by atoms with van der Waals surface area (Å²) in [4.78, 5) is 18.7. The Morgan fingerprint density at radius 3 is 3.00 bits per heavy atom. The lowest BCUT2D eigenvalue weighted by molar-refractivity contribution is 0.111. The highest BCUT2D eigenvalue weighted by molar-refractivity contribution is 7.13. The van der Waals surface area contributed by atoms with E-state index in [0.717, 1.165) is 17.0 Å². The zero-order valence-electron chi connectivity index (χ0n) is 6.68. The second-order valence-corrected chi connectivity index (χ2v) is 3.30. The fourth-order valence-corrected chi connectivity index (χ4v) is 1.59. The van der Waals surface area contributed by atoms with Crippen LogP contribution in [0.15, 0.2) is 29.8 Å². The van der Waals surface area contributed by atoms with Crippen molar-refractivity contribution in [2.75, 3.05) is 0 Å².